The molecule has 26 heavy (non-hydrogen) atoms. The number of hydrogen-bond acceptors (Lipinski definition) is 1. The molecule has 0 bridgehead atoms. The summed E-state index contributed by atoms with van der Waals surface area (Å²) in [6.07, 6.45) is 14.3. The Morgan fingerprint density at radius 2 is 1.85 bits per heavy atom. The molecule has 0 amide bonds. The monoisotopic (exact) mass is 353 g/mol. The highest BCUT2D eigenvalue weighted by Crippen LogP contribution is 2.68. The van der Waals surface area contributed by atoms with Crippen molar-refractivity contribution in [2.24, 2.45) is 34.5 Å². The molecule has 5 rings (SSSR count). The Kier molecular flexibility index (Phi) is 3.86. The minimum Gasteiger partial charge on any atom is -0.303 e. The largest absolute Gasteiger partial charge is 0.303 e. The van der Waals surface area contributed by atoms with E-state index in [2.05, 4.69) is 45.7 Å². The average Bonchev–Trinajstić information content (AvgIpc) is 3.08. The van der Waals surface area contributed by atoms with Crippen molar-refractivity contribution >= 4 is 0 Å². The summed E-state index contributed by atoms with van der Waals surface area (Å²) >= 11 is 0. The number of rotatable bonds is 0. The van der Waals surface area contributed by atoms with E-state index in [9.17, 15) is 0 Å². The zero-order valence-electron chi connectivity index (χ0n) is 17.8. The van der Waals surface area contributed by atoms with E-state index < -0.39 is 0 Å². The van der Waals surface area contributed by atoms with Crippen LogP contribution in [0, 0.1) is 34.5 Å². The van der Waals surface area contributed by atoms with Gasteiger partial charge in [0.25, 0.3) is 0 Å². The Morgan fingerprint density at radius 1 is 1.08 bits per heavy atom. The van der Waals surface area contributed by atoms with Crippen LogP contribution in [0.3, 0.4) is 0 Å². The molecular formula is C25H39N. The fourth-order valence-electron chi connectivity index (χ4n) is 8.73. The molecular weight excluding hydrogens is 314 g/mol. The molecule has 0 aromatic carbocycles. The SMILES string of the molecule is CC(C)=C1CCC2(C)C(=CCC3C2CCC24CN(C)C(C)C2CCC34)C1. The molecule has 1 aliphatic heterocycles. The van der Waals surface area contributed by atoms with Gasteiger partial charge in [-0.3, -0.25) is 0 Å². The van der Waals surface area contributed by atoms with Crippen LogP contribution in [0.2, 0.25) is 0 Å². The molecule has 0 radical (unpaired) electrons. The van der Waals surface area contributed by atoms with E-state index in [1.165, 1.54) is 57.9 Å². The molecule has 5 aliphatic rings. The molecule has 3 saturated carbocycles. The number of allylic oxidation sites excluding steroid dienone is 4. The van der Waals surface area contributed by atoms with Crippen molar-refractivity contribution in [3.63, 3.8) is 0 Å². The summed E-state index contributed by atoms with van der Waals surface area (Å²) in [5, 5.41) is 0. The zero-order valence-corrected chi connectivity index (χ0v) is 17.8. The van der Waals surface area contributed by atoms with Crippen molar-refractivity contribution < 1.29 is 0 Å². The van der Waals surface area contributed by atoms with Gasteiger partial charge in [-0.05, 0) is 114 Å². The third kappa shape index (κ3) is 2.13. The lowest BCUT2D eigenvalue weighted by atomic mass is 9.47. The van der Waals surface area contributed by atoms with Crippen LogP contribution < -0.4 is 0 Å². The van der Waals surface area contributed by atoms with E-state index in [0.717, 1.165) is 29.7 Å². The van der Waals surface area contributed by atoms with Crippen LogP contribution in [-0.4, -0.2) is 24.5 Å². The van der Waals surface area contributed by atoms with Gasteiger partial charge in [-0.15, -0.1) is 0 Å². The Hall–Kier alpha value is -0.560. The van der Waals surface area contributed by atoms with Gasteiger partial charge in [-0.2, -0.15) is 0 Å². The Bertz CT molecular complexity index is 668. The lowest BCUT2D eigenvalue weighted by Crippen LogP contribution is -2.51. The number of hydrogen-bond donors (Lipinski definition) is 0. The average molecular weight is 354 g/mol. The molecule has 7 unspecified atom stereocenters. The highest BCUT2D eigenvalue weighted by atomic mass is 15.2. The predicted octanol–water partition coefficient (Wildman–Crippen LogP) is 6.22. The summed E-state index contributed by atoms with van der Waals surface area (Å²) in [5.74, 6) is 3.95. The molecule has 144 valence electrons. The van der Waals surface area contributed by atoms with E-state index >= 15 is 0 Å². The Labute approximate surface area is 161 Å². The van der Waals surface area contributed by atoms with Crippen LogP contribution in [0.15, 0.2) is 22.8 Å². The second kappa shape index (κ2) is 5.72. The fraction of sp³-hybridized carbons (Fsp3) is 0.840. The van der Waals surface area contributed by atoms with Crippen LogP contribution in [0.4, 0.5) is 0 Å². The highest BCUT2D eigenvalue weighted by molar-refractivity contribution is 5.33. The topological polar surface area (TPSA) is 3.24 Å². The van der Waals surface area contributed by atoms with Crippen molar-refractivity contribution in [1.82, 2.24) is 4.90 Å². The molecule has 0 N–H and O–H groups in total. The van der Waals surface area contributed by atoms with Gasteiger partial charge in [0.1, 0.15) is 0 Å². The molecule has 0 aromatic heterocycles. The lowest BCUT2D eigenvalue weighted by molar-refractivity contribution is -0.0365. The van der Waals surface area contributed by atoms with Crippen molar-refractivity contribution in [3.05, 3.63) is 22.8 Å². The maximum Gasteiger partial charge on any atom is 0.00982 e. The van der Waals surface area contributed by atoms with Crippen LogP contribution in [-0.2, 0) is 0 Å². The first-order valence-electron chi connectivity index (χ1n) is 11.4. The lowest BCUT2D eigenvalue weighted by Gasteiger charge is -2.58. The molecule has 0 aromatic rings. The molecule has 1 spiro atoms. The van der Waals surface area contributed by atoms with Crippen LogP contribution in [0.1, 0.15) is 79.1 Å². The van der Waals surface area contributed by atoms with E-state index in [1.807, 2.05) is 5.57 Å². The van der Waals surface area contributed by atoms with Crippen molar-refractivity contribution in [2.75, 3.05) is 13.6 Å². The van der Waals surface area contributed by atoms with E-state index in [1.54, 1.807) is 11.1 Å². The first-order valence-corrected chi connectivity index (χ1v) is 11.4. The zero-order chi connectivity index (χ0) is 18.3. The quantitative estimate of drug-likeness (QED) is 0.468. The number of fused-ring (bicyclic) bond motifs is 4. The van der Waals surface area contributed by atoms with Gasteiger partial charge in [0.15, 0.2) is 0 Å². The first kappa shape index (κ1) is 17.5. The molecule has 1 heterocycles. The maximum absolute atomic E-state index is 2.73. The van der Waals surface area contributed by atoms with Gasteiger partial charge < -0.3 is 4.90 Å². The molecule has 1 saturated heterocycles. The summed E-state index contributed by atoms with van der Waals surface area (Å²) in [7, 11) is 2.39. The Balaban J connectivity index is 1.48. The van der Waals surface area contributed by atoms with Crippen LogP contribution in [0.25, 0.3) is 0 Å². The summed E-state index contributed by atoms with van der Waals surface area (Å²) < 4.78 is 0. The standard InChI is InChI=1S/C25H39N/c1-16(2)18-10-12-24(4)19(14-18)6-7-20-22(24)11-13-25-15-26(5)17(3)21(25)8-9-23(20)25/h6,17,20-23H,7-15H2,1-5H3. The van der Waals surface area contributed by atoms with Gasteiger partial charge in [-0.25, -0.2) is 0 Å². The van der Waals surface area contributed by atoms with Gasteiger partial charge in [0, 0.05) is 12.6 Å². The molecule has 7 atom stereocenters. The number of nitrogens with zero attached hydrogens (tertiary/aromatic N) is 1. The van der Waals surface area contributed by atoms with Crippen molar-refractivity contribution in [3.8, 4) is 0 Å². The maximum atomic E-state index is 2.73. The number of likely N-dealkylation sites (tertiary alicyclic amines) is 1. The van der Waals surface area contributed by atoms with E-state index in [4.69, 9.17) is 0 Å². The molecule has 1 nitrogen and oxygen atoms in total. The summed E-state index contributed by atoms with van der Waals surface area (Å²) in [5.41, 5.74) is 6.34. The molecule has 4 aliphatic carbocycles. The van der Waals surface area contributed by atoms with Crippen LogP contribution >= 0.6 is 0 Å². The van der Waals surface area contributed by atoms with E-state index in [-0.39, 0.29) is 0 Å². The molecule has 4 fully saturated rings. The fourth-order valence-corrected chi connectivity index (χ4v) is 8.73. The van der Waals surface area contributed by atoms with Crippen molar-refractivity contribution in [2.45, 2.75) is 85.1 Å². The third-order valence-electron chi connectivity index (χ3n) is 10.3. The van der Waals surface area contributed by atoms with Gasteiger partial charge >= 0.3 is 0 Å². The van der Waals surface area contributed by atoms with Crippen LogP contribution in [0.5, 0.6) is 0 Å². The third-order valence-corrected chi connectivity index (χ3v) is 10.3. The van der Waals surface area contributed by atoms with Gasteiger partial charge in [-0.1, -0.05) is 29.7 Å². The summed E-state index contributed by atoms with van der Waals surface area (Å²) in [6.45, 7) is 11.2. The molecule has 1 heteroatoms. The Morgan fingerprint density at radius 3 is 2.62 bits per heavy atom. The van der Waals surface area contributed by atoms with Gasteiger partial charge in [0.2, 0.25) is 0 Å². The second-order valence-electron chi connectivity index (χ2n) is 11.2. The summed E-state index contributed by atoms with van der Waals surface area (Å²) in [4.78, 5) is 2.70. The first-order chi connectivity index (χ1) is 12.4. The van der Waals surface area contributed by atoms with E-state index in [0.29, 0.717) is 10.8 Å². The minimum absolute atomic E-state index is 0.512. The smallest absolute Gasteiger partial charge is 0.00982 e. The summed E-state index contributed by atoms with van der Waals surface area (Å²) in [6, 6.07) is 0.816. The highest BCUT2D eigenvalue weighted by Gasteiger charge is 2.63. The normalized spacial score (nSPS) is 50.6. The second-order valence-corrected chi connectivity index (χ2v) is 11.2. The minimum atomic E-state index is 0.512. The predicted molar refractivity (Wildman–Crippen MR) is 110 cm³/mol. The van der Waals surface area contributed by atoms with Gasteiger partial charge in [0.05, 0.1) is 0 Å². The van der Waals surface area contributed by atoms with Crippen molar-refractivity contribution in [1.29, 1.82) is 0 Å².